The number of fused-ring (bicyclic) bond motifs is 1. The van der Waals surface area contributed by atoms with Crippen molar-refractivity contribution in [3.63, 3.8) is 0 Å². The molecule has 0 atom stereocenters. The normalized spacial score (nSPS) is 12.7. The van der Waals surface area contributed by atoms with Crippen molar-refractivity contribution in [2.45, 2.75) is 20.0 Å². The highest BCUT2D eigenvalue weighted by Gasteiger charge is 2.13. The number of non-ortho nitro benzene ring substituents is 1. The van der Waals surface area contributed by atoms with Gasteiger partial charge in [0.05, 0.1) is 11.5 Å². The van der Waals surface area contributed by atoms with E-state index in [-0.39, 0.29) is 12.5 Å². The fourth-order valence-electron chi connectivity index (χ4n) is 2.47. The van der Waals surface area contributed by atoms with E-state index in [9.17, 15) is 10.1 Å². The van der Waals surface area contributed by atoms with E-state index in [1.165, 1.54) is 12.1 Å². The maximum Gasteiger partial charge on any atom is 0.269 e. The monoisotopic (exact) mass is 356 g/mol. The maximum absolute atomic E-state index is 10.7. The largest absolute Gasteiger partial charge is 0.454 e. The molecule has 0 aliphatic carbocycles. The Morgan fingerprint density at radius 3 is 2.58 bits per heavy atom. The van der Waals surface area contributed by atoms with Crippen molar-refractivity contribution in [1.82, 2.24) is 10.6 Å². The van der Waals surface area contributed by atoms with E-state index in [1.54, 1.807) is 12.1 Å². The molecule has 0 fully saturated rings. The first-order valence-electron chi connectivity index (χ1n) is 8.29. The van der Waals surface area contributed by atoms with E-state index >= 15 is 0 Å². The summed E-state index contributed by atoms with van der Waals surface area (Å²) < 4.78 is 10.7. The Balaban J connectivity index is 1.61. The number of nitrogens with one attached hydrogen (secondary N) is 2. The van der Waals surface area contributed by atoms with Crippen LogP contribution >= 0.6 is 0 Å². The van der Waals surface area contributed by atoms with Crippen molar-refractivity contribution in [3.05, 3.63) is 63.7 Å². The third kappa shape index (κ3) is 4.41. The number of nitrogens with zero attached hydrogens (tertiary/aromatic N) is 2. The van der Waals surface area contributed by atoms with Gasteiger partial charge in [-0.2, -0.15) is 0 Å². The molecule has 0 unspecified atom stereocenters. The van der Waals surface area contributed by atoms with Gasteiger partial charge in [-0.15, -0.1) is 0 Å². The predicted octanol–water partition coefficient (Wildman–Crippen LogP) is 2.58. The molecule has 8 nitrogen and oxygen atoms in total. The van der Waals surface area contributed by atoms with Crippen LogP contribution in [-0.4, -0.2) is 24.2 Å². The van der Waals surface area contributed by atoms with E-state index in [2.05, 4.69) is 15.6 Å². The molecule has 0 saturated heterocycles. The highest BCUT2D eigenvalue weighted by Crippen LogP contribution is 2.32. The van der Waals surface area contributed by atoms with Crippen molar-refractivity contribution < 1.29 is 14.4 Å². The smallest absolute Gasteiger partial charge is 0.269 e. The van der Waals surface area contributed by atoms with Crippen LogP contribution in [0.3, 0.4) is 0 Å². The summed E-state index contributed by atoms with van der Waals surface area (Å²) in [5.41, 5.74) is 2.03. The summed E-state index contributed by atoms with van der Waals surface area (Å²) in [4.78, 5) is 14.8. The van der Waals surface area contributed by atoms with Crippen LogP contribution in [0.2, 0.25) is 0 Å². The van der Waals surface area contributed by atoms with Crippen molar-refractivity contribution in [3.8, 4) is 11.5 Å². The minimum absolute atomic E-state index is 0.0807. The van der Waals surface area contributed by atoms with Crippen LogP contribution in [0.15, 0.2) is 47.5 Å². The summed E-state index contributed by atoms with van der Waals surface area (Å²) in [6, 6.07) is 12.2. The fraction of sp³-hybridized carbons (Fsp3) is 0.278. The van der Waals surface area contributed by atoms with Gasteiger partial charge in [0, 0.05) is 25.2 Å². The summed E-state index contributed by atoms with van der Waals surface area (Å²) in [5.74, 6) is 2.16. The van der Waals surface area contributed by atoms with Gasteiger partial charge in [0.2, 0.25) is 6.79 Å². The van der Waals surface area contributed by atoms with Crippen LogP contribution in [0.4, 0.5) is 5.69 Å². The van der Waals surface area contributed by atoms with Crippen LogP contribution in [0.5, 0.6) is 11.5 Å². The minimum atomic E-state index is -0.409. The number of rotatable bonds is 6. The molecule has 26 heavy (non-hydrogen) atoms. The van der Waals surface area contributed by atoms with Crippen LogP contribution in [0.1, 0.15) is 18.1 Å². The standard InChI is InChI=1S/C18H20N4O4/c1-2-19-18(20-10-13-3-6-15(7-4-13)22(23)24)21-11-14-5-8-16-17(9-14)26-12-25-16/h3-9H,2,10-12H2,1H3,(H2,19,20,21). The third-order valence-corrected chi connectivity index (χ3v) is 3.81. The number of hydrogen-bond acceptors (Lipinski definition) is 5. The van der Waals surface area contributed by atoms with Crippen molar-refractivity contribution in [1.29, 1.82) is 0 Å². The zero-order valence-electron chi connectivity index (χ0n) is 14.4. The lowest BCUT2D eigenvalue weighted by Gasteiger charge is -2.11. The van der Waals surface area contributed by atoms with Gasteiger partial charge in [0.25, 0.3) is 5.69 Å². The van der Waals surface area contributed by atoms with Crippen molar-refractivity contribution in [2.75, 3.05) is 13.3 Å². The molecule has 0 spiro atoms. The van der Waals surface area contributed by atoms with E-state index < -0.39 is 4.92 Å². The number of guanidine groups is 1. The molecule has 136 valence electrons. The molecule has 0 bridgehead atoms. The Bertz CT molecular complexity index is 805. The Labute approximate surface area is 151 Å². The molecular weight excluding hydrogens is 336 g/mol. The van der Waals surface area contributed by atoms with Gasteiger partial charge >= 0.3 is 0 Å². The summed E-state index contributed by atoms with van der Waals surface area (Å²) >= 11 is 0. The molecule has 1 heterocycles. The molecular formula is C18H20N4O4. The summed E-state index contributed by atoms with van der Waals surface area (Å²) in [7, 11) is 0. The number of nitro benzene ring substituents is 1. The molecule has 2 aromatic carbocycles. The molecule has 1 aliphatic rings. The van der Waals surface area contributed by atoms with E-state index in [4.69, 9.17) is 9.47 Å². The van der Waals surface area contributed by atoms with E-state index in [0.29, 0.717) is 19.0 Å². The second-order valence-corrected chi connectivity index (χ2v) is 5.66. The number of nitro groups is 1. The molecule has 3 rings (SSSR count). The van der Waals surface area contributed by atoms with Gasteiger partial charge in [-0.3, -0.25) is 10.1 Å². The predicted molar refractivity (Wildman–Crippen MR) is 97.3 cm³/mol. The zero-order valence-corrected chi connectivity index (χ0v) is 14.4. The number of benzene rings is 2. The lowest BCUT2D eigenvalue weighted by molar-refractivity contribution is -0.384. The van der Waals surface area contributed by atoms with Gasteiger partial charge in [-0.1, -0.05) is 18.2 Å². The van der Waals surface area contributed by atoms with Crippen LogP contribution in [-0.2, 0) is 13.1 Å². The van der Waals surface area contributed by atoms with Gasteiger partial charge in [0.1, 0.15) is 0 Å². The quantitative estimate of drug-likeness (QED) is 0.357. The Morgan fingerprint density at radius 2 is 1.85 bits per heavy atom. The van der Waals surface area contributed by atoms with Gasteiger partial charge in [-0.25, -0.2) is 4.99 Å². The lowest BCUT2D eigenvalue weighted by Crippen LogP contribution is -2.36. The Hall–Kier alpha value is -3.29. The number of hydrogen-bond donors (Lipinski definition) is 2. The average Bonchev–Trinajstić information content (AvgIpc) is 3.12. The topological polar surface area (TPSA) is 98.0 Å². The van der Waals surface area contributed by atoms with Crippen LogP contribution in [0.25, 0.3) is 0 Å². The molecule has 1 aliphatic heterocycles. The molecule has 8 heteroatoms. The Morgan fingerprint density at radius 1 is 1.12 bits per heavy atom. The lowest BCUT2D eigenvalue weighted by atomic mass is 10.2. The number of aliphatic imine (C=N–C) groups is 1. The zero-order chi connectivity index (χ0) is 18.4. The molecule has 0 radical (unpaired) electrons. The summed E-state index contributed by atoms with van der Waals surface area (Å²) in [6.45, 7) is 3.98. The average molecular weight is 356 g/mol. The van der Waals surface area contributed by atoms with Crippen molar-refractivity contribution >= 4 is 11.6 Å². The maximum atomic E-state index is 10.7. The van der Waals surface area contributed by atoms with Gasteiger partial charge < -0.3 is 20.1 Å². The second kappa shape index (κ2) is 8.19. The number of ether oxygens (including phenoxy) is 2. The minimum Gasteiger partial charge on any atom is -0.454 e. The third-order valence-electron chi connectivity index (χ3n) is 3.81. The van der Waals surface area contributed by atoms with Gasteiger partial charge in [-0.05, 0) is 30.2 Å². The first-order chi connectivity index (χ1) is 12.7. The first kappa shape index (κ1) is 17.5. The fourth-order valence-corrected chi connectivity index (χ4v) is 2.47. The molecule has 0 aromatic heterocycles. The summed E-state index contributed by atoms with van der Waals surface area (Å²) in [5, 5.41) is 17.1. The van der Waals surface area contributed by atoms with Gasteiger partial charge in [0.15, 0.2) is 17.5 Å². The molecule has 2 N–H and O–H groups in total. The highest BCUT2D eigenvalue weighted by molar-refractivity contribution is 5.79. The first-order valence-corrected chi connectivity index (χ1v) is 8.29. The van der Waals surface area contributed by atoms with Crippen LogP contribution < -0.4 is 20.1 Å². The van der Waals surface area contributed by atoms with E-state index in [0.717, 1.165) is 29.2 Å². The highest BCUT2D eigenvalue weighted by atomic mass is 16.7. The Kier molecular flexibility index (Phi) is 5.52. The molecule has 0 amide bonds. The summed E-state index contributed by atoms with van der Waals surface area (Å²) in [6.07, 6.45) is 0. The van der Waals surface area contributed by atoms with Crippen molar-refractivity contribution in [2.24, 2.45) is 4.99 Å². The van der Waals surface area contributed by atoms with Crippen LogP contribution in [0, 0.1) is 10.1 Å². The molecule has 2 aromatic rings. The SMILES string of the molecule is CCNC(=NCc1ccc2c(c1)OCO2)NCc1ccc([N+](=O)[O-])cc1. The molecule has 0 saturated carbocycles. The second-order valence-electron chi connectivity index (χ2n) is 5.66. The van der Waals surface area contributed by atoms with E-state index in [1.807, 2.05) is 25.1 Å².